The Kier molecular flexibility index (Phi) is 6.44. The number of carbonyl (C=O) groups excluding carboxylic acids is 2. The Balaban J connectivity index is 1.25. The van der Waals surface area contributed by atoms with Crippen LogP contribution in [0.1, 0.15) is 50.2 Å². The van der Waals surface area contributed by atoms with Crippen molar-refractivity contribution in [2.45, 2.75) is 63.3 Å². The predicted molar refractivity (Wildman–Crippen MR) is 136 cm³/mol. The molecule has 0 bridgehead atoms. The van der Waals surface area contributed by atoms with E-state index < -0.39 is 10.0 Å². The smallest absolute Gasteiger partial charge is 0.243 e. The summed E-state index contributed by atoms with van der Waals surface area (Å²) in [4.78, 5) is 27.8. The molecule has 8 heteroatoms. The zero-order valence-corrected chi connectivity index (χ0v) is 21.2. The molecule has 2 aliphatic heterocycles. The van der Waals surface area contributed by atoms with Gasteiger partial charge in [0, 0.05) is 42.3 Å². The van der Waals surface area contributed by atoms with Crippen molar-refractivity contribution >= 4 is 33.2 Å². The summed E-state index contributed by atoms with van der Waals surface area (Å²) in [6.45, 7) is 4.63. The zero-order chi connectivity index (χ0) is 24.7. The molecule has 2 aromatic rings. The number of amides is 2. The normalized spacial score (nSPS) is 21.4. The summed E-state index contributed by atoms with van der Waals surface area (Å²) in [6, 6.07) is 12.9. The molecule has 0 unspecified atom stereocenters. The van der Waals surface area contributed by atoms with Crippen LogP contribution in [0.25, 0.3) is 0 Å². The fourth-order valence-corrected chi connectivity index (χ4v) is 6.95. The van der Waals surface area contributed by atoms with Gasteiger partial charge in [-0.2, -0.15) is 4.31 Å². The predicted octanol–water partition coefficient (Wildman–Crippen LogP) is 4.11. The molecule has 0 aromatic heterocycles. The van der Waals surface area contributed by atoms with Gasteiger partial charge in [-0.3, -0.25) is 9.59 Å². The first kappa shape index (κ1) is 24.0. The number of aryl methyl sites for hydroxylation is 1. The van der Waals surface area contributed by atoms with Crippen molar-refractivity contribution in [1.29, 1.82) is 0 Å². The van der Waals surface area contributed by atoms with Crippen molar-refractivity contribution in [2.75, 3.05) is 23.3 Å². The number of carbonyl (C=O) groups is 2. The van der Waals surface area contributed by atoms with E-state index in [-0.39, 0.29) is 34.6 Å². The zero-order valence-electron chi connectivity index (χ0n) is 20.4. The standard InChI is InChI=1S/C27H33N3O4S/c1-18-5-3-8-23(15-18)28-26(31)20-11-13-29(14-12-20)35(33,34)24-9-10-25-22(17-24)16-19(2)30(25)27(32)21-6-4-7-21/h3,5,8-10,15,17,19-21H,4,6-7,11-14,16H2,1-2H3,(H,28,31)/t19-/m0/s1. The van der Waals surface area contributed by atoms with E-state index in [1.54, 1.807) is 18.2 Å². The highest BCUT2D eigenvalue weighted by Gasteiger charge is 2.38. The van der Waals surface area contributed by atoms with Gasteiger partial charge in [0.25, 0.3) is 0 Å². The Bertz CT molecular complexity index is 1250. The summed E-state index contributed by atoms with van der Waals surface area (Å²) < 4.78 is 28.3. The molecule has 35 heavy (non-hydrogen) atoms. The lowest BCUT2D eigenvalue weighted by molar-refractivity contribution is -0.125. The van der Waals surface area contributed by atoms with Crippen LogP contribution in [0.3, 0.4) is 0 Å². The van der Waals surface area contributed by atoms with Crippen LogP contribution in [-0.2, 0) is 26.0 Å². The second kappa shape index (κ2) is 9.39. The molecule has 5 rings (SSSR count). The maximum absolute atomic E-state index is 13.4. The minimum atomic E-state index is -3.66. The van der Waals surface area contributed by atoms with Gasteiger partial charge in [0.2, 0.25) is 21.8 Å². The van der Waals surface area contributed by atoms with Crippen molar-refractivity contribution in [3.63, 3.8) is 0 Å². The minimum Gasteiger partial charge on any atom is -0.326 e. The van der Waals surface area contributed by atoms with Crippen molar-refractivity contribution in [1.82, 2.24) is 4.31 Å². The van der Waals surface area contributed by atoms with E-state index in [1.807, 2.05) is 43.0 Å². The molecule has 1 saturated carbocycles. The molecular weight excluding hydrogens is 462 g/mol. The average Bonchev–Trinajstić information content (AvgIpc) is 3.13. The van der Waals surface area contributed by atoms with E-state index in [1.165, 1.54) is 4.31 Å². The van der Waals surface area contributed by atoms with Crippen LogP contribution in [0.5, 0.6) is 0 Å². The van der Waals surface area contributed by atoms with E-state index in [4.69, 9.17) is 0 Å². The van der Waals surface area contributed by atoms with Crippen molar-refractivity contribution in [3.05, 3.63) is 53.6 Å². The van der Waals surface area contributed by atoms with Crippen LogP contribution >= 0.6 is 0 Å². The van der Waals surface area contributed by atoms with Crippen molar-refractivity contribution < 1.29 is 18.0 Å². The number of benzene rings is 2. The molecular formula is C27H33N3O4S. The topological polar surface area (TPSA) is 86.8 Å². The number of anilines is 2. The summed E-state index contributed by atoms with van der Waals surface area (Å²) in [5.74, 6) is 0.00429. The largest absolute Gasteiger partial charge is 0.326 e. The Morgan fingerprint density at radius 3 is 2.37 bits per heavy atom. The fourth-order valence-electron chi connectivity index (χ4n) is 5.43. The lowest BCUT2D eigenvalue weighted by Crippen LogP contribution is -2.42. The third-order valence-corrected chi connectivity index (χ3v) is 9.60. The Morgan fingerprint density at radius 1 is 0.971 bits per heavy atom. The molecule has 3 aliphatic rings. The Hall–Kier alpha value is -2.71. The van der Waals surface area contributed by atoms with Crippen molar-refractivity contribution in [3.8, 4) is 0 Å². The number of hydrogen-bond donors (Lipinski definition) is 1. The molecule has 0 spiro atoms. The molecule has 2 fully saturated rings. The number of sulfonamides is 1. The number of hydrogen-bond acceptors (Lipinski definition) is 4. The molecule has 1 saturated heterocycles. The van der Waals surface area contributed by atoms with E-state index in [0.717, 1.165) is 41.8 Å². The minimum absolute atomic E-state index is 0.0405. The second-order valence-corrected chi connectivity index (χ2v) is 12.2. The van der Waals surface area contributed by atoms with Gasteiger partial charge in [0.1, 0.15) is 0 Å². The monoisotopic (exact) mass is 495 g/mol. The van der Waals surface area contributed by atoms with Crippen LogP contribution in [0, 0.1) is 18.8 Å². The first-order valence-electron chi connectivity index (χ1n) is 12.6. The molecule has 1 N–H and O–H groups in total. The number of piperidine rings is 1. The van der Waals surface area contributed by atoms with Crippen LogP contribution in [0.2, 0.25) is 0 Å². The average molecular weight is 496 g/mol. The van der Waals surface area contributed by atoms with Crippen LogP contribution < -0.4 is 10.2 Å². The highest BCUT2D eigenvalue weighted by atomic mass is 32.2. The van der Waals surface area contributed by atoms with E-state index in [2.05, 4.69) is 5.32 Å². The lowest BCUT2D eigenvalue weighted by Gasteiger charge is -2.32. The molecule has 2 aromatic carbocycles. The van der Waals surface area contributed by atoms with Gasteiger partial charge in [-0.15, -0.1) is 0 Å². The molecule has 7 nitrogen and oxygen atoms in total. The third-order valence-electron chi connectivity index (χ3n) is 7.71. The lowest BCUT2D eigenvalue weighted by atomic mass is 9.84. The number of nitrogens with one attached hydrogen (secondary N) is 1. The molecule has 2 heterocycles. The van der Waals surface area contributed by atoms with Gasteiger partial charge in [-0.05, 0) is 87.4 Å². The summed E-state index contributed by atoms with van der Waals surface area (Å²) in [7, 11) is -3.66. The van der Waals surface area contributed by atoms with Crippen LogP contribution in [0.15, 0.2) is 47.4 Å². The summed E-state index contributed by atoms with van der Waals surface area (Å²) >= 11 is 0. The van der Waals surface area contributed by atoms with Gasteiger partial charge in [0.05, 0.1) is 4.90 Å². The summed E-state index contributed by atoms with van der Waals surface area (Å²) in [6.07, 6.45) is 4.64. The maximum atomic E-state index is 13.4. The second-order valence-electron chi connectivity index (χ2n) is 10.2. The van der Waals surface area contributed by atoms with Gasteiger partial charge < -0.3 is 10.2 Å². The molecule has 186 valence electrons. The number of nitrogens with zero attached hydrogens (tertiary/aromatic N) is 2. The Labute approximate surface area is 207 Å². The van der Waals surface area contributed by atoms with E-state index >= 15 is 0 Å². The van der Waals surface area contributed by atoms with Gasteiger partial charge >= 0.3 is 0 Å². The summed E-state index contributed by atoms with van der Waals surface area (Å²) in [5, 5.41) is 2.96. The van der Waals surface area contributed by atoms with Gasteiger partial charge in [0.15, 0.2) is 0 Å². The first-order valence-corrected chi connectivity index (χ1v) is 14.0. The SMILES string of the molecule is Cc1cccc(NC(=O)C2CCN(S(=O)(=O)c3ccc4c(c3)C[C@H](C)N4C(=O)C3CCC3)CC2)c1. The van der Waals surface area contributed by atoms with E-state index in [9.17, 15) is 18.0 Å². The van der Waals surface area contributed by atoms with Gasteiger partial charge in [-0.1, -0.05) is 18.6 Å². The molecule has 2 amide bonds. The molecule has 1 atom stereocenters. The maximum Gasteiger partial charge on any atom is 0.243 e. The quantitative estimate of drug-likeness (QED) is 0.676. The third kappa shape index (κ3) is 4.61. The van der Waals surface area contributed by atoms with Crippen molar-refractivity contribution in [2.24, 2.45) is 11.8 Å². The van der Waals surface area contributed by atoms with Crippen LogP contribution in [-0.4, -0.2) is 43.7 Å². The Morgan fingerprint density at radius 2 is 1.71 bits per heavy atom. The number of fused-ring (bicyclic) bond motifs is 1. The molecule has 0 radical (unpaired) electrons. The number of rotatable bonds is 5. The van der Waals surface area contributed by atoms with Crippen LogP contribution in [0.4, 0.5) is 11.4 Å². The first-order chi connectivity index (χ1) is 16.7. The highest BCUT2D eigenvalue weighted by Crippen LogP contribution is 2.38. The van der Waals surface area contributed by atoms with Gasteiger partial charge in [-0.25, -0.2) is 8.42 Å². The highest BCUT2D eigenvalue weighted by molar-refractivity contribution is 7.89. The molecule has 1 aliphatic carbocycles. The fraction of sp³-hybridized carbons (Fsp3) is 0.481. The summed E-state index contributed by atoms with van der Waals surface area (Å²) in [5.41, 5.74) is 3.60. The van der Waals surface area contributed by atoms with E-state index in [0.29, 0.717) is 32.4 Å².